The molecular weight excluding hydrogens is 257 g/mol. The molecule has 110 valence electrons. The lowest BCUT2D eigenvalue weighted by atomic mass is 9.86. The normalized spacial score (nSPS) is 13.5. The Morgan fingerprint density at radius 2 is 2.00 bits per heavy atom. The lowest BCUT2D eigenvalue weighted by Crippen LogP contribution is -2.40. The Morgan fingerprint density at radius 1 is 1.40 bits per heavy atom. The van der Waals surface area contributed by atoms with Crippen LogP contribution in [-0.4, -0.2) is 24.2 Å². The van der Waals surface area contributed by atoms with Crippen LogP contribution in [0.2, 0.25) is 0 Å². The van der Waals surface area contributed by atoms with Gasteiger partial charge in [-0.1, -0.05) is 32.9 Å². The van der Waals surface area contributed by atoms with E-state index in [4.69, 9.17) is 5.11 Å². The Bertz CT molecular complexity index is 518. The average Bonchev–Trinajstić information content (AvgIpc) is 2.33. The van der Waals surface area contributed by atoms with Crippen LogP contribution in [-0.2, 0) is 4.79 Å². The maximum absolute atomic E-state index is 14.2. The zero-order valence-electron chi connectivity index (χ0n) is 12.6. The lowest BCUT2D eigenvalue weighted by molar-refractivity contribution is -0.131. The van der Waals surface area contributed by atoms with E-state index in [1.54, 1.807) is 12.1 Å². The molecular formula is C16H22FNO2. The minimum atomic E-state index is -1.05. The molecule has 0 saturated carbocycles. The first kappa shape index (κ1) is 16.2. The number of hydrogen-bond donors (Lipinski definition) is 1. The molecule has 0 aliphatic rings. The van der Waals surface area contributed by atoms with Crippen LogP contribution in [0.15, 0.2) is 24.3 Å². The third-order valence-electron chi connectivity index (χ3n) is 3.61. The molecule has 0 radical (unpaired) electrons. The second-order valence-electron chi connectivity index (χ2n) is 6.00. The molecule has 0 amide bonds. The Balaban J connectivity index is 3.26. The molecule has 0 aromatic heterocycles. The number of carboxylic acids is 1. The quantitative estimate of drug-likeness (QED) is 0.852. The van der Waals surface area contributed by atoms with Gasteiger partial charge in [0.05, 0.1) is 5.69 Å². The summed E-state index contributed by atoms with van der Waals surface area (Å²) in [6.45, 7) is 8.28. The van der Waals surface area contributed by atoms with E-state index in [2.05, 4.69) is 20.8 Å². The van der Waals surface area contributed by atoms with Crippen LogP contribution in [0.5, 0.6) is 0 Å². The molecule has 1 N–H and O–H groups in total. The molecule has 0 fully saturated rings. The summed E-state index contributed by atoms with van der Waals surface area (Å²) in [5, 5.41) is 8.72. The number of carbonyl (C=O) groups is 1. The minimum absolute atomic E-state index is 0.0230. The largest absolute Gasteiger partial charge is 0.478 e. The number of benzene rings is 1. The first-order valence-electron chi connectivity index (χ1n) is 6.57. The van der Waals surface area contributed by atoms with Crippen molar-refractivity contribution in [3.63, 3.8) is 0 Å². The Labute approximate surface area is 119 Å². The molecule has 20 heavy (non-hydrogen) atoms. The van der Waals surface area contributed by atoms with Crippen molar-refractivity contribution in [3.8, 4) is 0 Å². The number of rotatable bonds is 4. The van der Waals surface area contributed by atoms with Crippen LogP contribution in [0.1, 0.15) is 33.3 Å². The fraction of sp³-hybridized carbons (Fsp3) is 0.438. The van der Waals surface area contributed by atoms with Crippen molar-refractivity contribution < 1.29 is 14.3 Å². The number of aliphatic carboxylic acids is 1. The number of nitrogens with zero attached hydrogens (tertiary/aromatic N) is 1. The van der Waals surface area contributed by atoms with Crippen molar-refractivity contribution in [3.05, 3.63) is 35.7 Å². The van der Waals surface area contributed by atoms with Crippen molar-refractivity contribution in [2.75, 3.05) is 11.9 Å². The van der Waals surface area contributed by atoms with Gasteiger partial charge in [0.25, 0.3) is 0 Å². The van der Waals surface area contributed by atoms with Gasteiger partial charge in [0.2, 0.25) is 0 Å². The molecule has 4 heteroatoms. The molecule has 1 atom stereocenters. The summed E-state index contributed by atoms with van der Waals surface area (Å²) in [4.78, 5) is 12.5. The van der Waals surface area contributed by atoms with E-state index in [0.29, 0.717) is 11.3 Å². The zero-order chi connectivity index (χ0) is 15.5. The molecule has 0 spiro atoms. The molecule has 3 nitrogen and oxygen atoms in total. The van der Waals surface area contributed by atoms with Crippen molar-refractivity contribution in [1.82, 2.24) is 0 Å². The molecule has 1 unspecified atom stereocenters. The Kier molecular flexibility index (Phi) is 4.93. The number of para-hydroxylation sites is 1. The summed E-state index contributed by atoms with van der Waals surface area (Å²) < 4.78 is 14.2. The maximum Gasteiger partial charge on any atom is 0.328 e. The zero-order valence-corrected chi connectivity index (χ0v) is 12.6. The predicted octanol–water partition coefficient (Wildman–Crippen LogP) is 3.79. The SMILES string of the molecule is CC(N(C)c1c(F)cccc1/C=C/C(=O)O)C(C)(C)C. The van der Waals surface area contributed by atoms with Crippen LogP contribution in [0.3, 0.4) is 0 Å². The molecule has 1 aromatic carbocycles. The van der Waals surface area contributed by atoms with Gasteiger partial charge in [-0.25, -0.2) is 9.18 Å². The van der Waals surface area contributed by atoms with E-state index in [9.17, 15) is 9.18 Å². The minimum Gasteiger partial charge on any atom is -0.478 e. The highest BCUT2D eigenvalue weighted by Crippen LogP contribution is 2.32. The number of carboxylic acid groups (broad SMARTS) is 1. The molecule has 0 aliphatic carbocycles. The highest BCUT2D eigenvalue weighted by Gasteiger charge is 2.26. The fourth-order valence-electron chi connectivity index (χ4n) is 1.97. The summed E-state index contributed by atoms with van der Waals surface area (Å²) in [5.41, 5.74) is 0.962. The summed E-state index contributed by atoms with van der Waals surface area (Å²) in [6.07, 6.45) is 2.44. The Hall–Kier alpha value is -1.84. The molecule has 0 heterocycles. The maximum atomic E-state index is 14.2. The van der Waals surface area contributed by atoms with E-state index >= 15 is 0 Å². The highest BCUT2D eigenvalue weighted by atomic mass is 19.1. The third-order valence-corrected chi connectivity index (χ3v) is 3.61. The topological polar surface area (TPSA) is 40.5 Å². The Morgan fingerprint density at radius 3 is 2.50 bits per heavy atom. The van der Waals surface area contributed by atoms with Crippen molar-refractivity contribution in [2.45, 2.75) is 33.7 Å². The van der Waals surface area contributed by atoms with Gasteiger partial charge in [0, 0.05) is 24.7 Å². The summed E-state index contributed by atoms with van der Waals surface area (Å²) in [6, 6.07) is 4.77. The van der Waals surface area contributed by atoms with Crippen LogP contribution >= 0.6 is 0 Å². The molecule has 0 saturated heterocycles. The van der Waals surface area contributed by atoms with E-state index in [1.807, 2.05) is 18.9 Å². The van der Waals surface area contributed by atoms with Gasteiger partial charge in [0.15, 0.2) is 0 Å². The van der Waals surface area contributed by atoms with Crippen molar-refractivity contribution in [1.29, 1.82) is 0 Å². The standard InChI is InChI=1S/C16H22FNO2/c1-11(16(2,3)4)18(5)15-12(9-10-14(19)20)7-6-8-13(15)17/h6-11H,1-5H3,(H,19,20)/b10-9+. The summed E-state index contributed by atoms with van der Waals surface area (Å²) in [7, 11) is 1.83. The van der Waals surface area contributed by atoms with E-state index in [1.165, 1.54) is 12.1 Å². The van der Waals surface area contributed by atoms with E-state index in [-0.39, 0.29) is 17.3 Å². The van der Waals surface area contributed by atoms with Crippen LogP contribution in [0.25, 0.3) is 6.08 Å². The first-order valence-corrected chi connectivity index (χ1v) is 6.57. The lowest BCUT2D eigenvalue weighted by Gasteiger charge is -2.37. The van der Waals surface area contributed by atoms with Crippen molar-refractivity contribution >= 4 is 17.7 Å². The summed E-state index contributed by atoms with van der Waals surface area (Å²) >= 11 is 0. The van der Waals surface area contributed by atoms with Gasteiger partial charge in [-0.15, -0.1) is 0 Å². The summed E-state index contributed by atoms with van der Waals surface area (Å²) in [5.74, 6) is -1.40. The number of anilines is 1. The van der Waals surface area contributed by atoms with Gasteiger partial charge in [-0.2, -0.15) is 0 Å². The first-order chi connectivity index (χ1) is 9.14. The van der Waals surface area contributed by atoms with E-state index < -0.39 is 5.97 Å². The smallest absolute Gasteiger partial charge is 0.328 e. The van der Waals surface area contributed by atoms with Gasteiger partial charge in [-0.3, -0.25) is 0 Å². The van der Waals surface area contributed by atoms with Crippen LogP contribution in [0, 0.1) is 11.2 Å². The molecule has 1 aromatic rings. The predicted molar refractivity (Wildman–Crippen MR) is 80.4 cm³/mol. The molecule has 1 rings (SSSR count). The fourth-order valence-corrected chi connectivity index (χ4v) is 1.97. The second kappa shape index (κ2) is 6.07. The molecule has 0 aliphatic heterocycles. The van der Waals surface area contributed by atoms with Crippen molar-refractivity contribution in [2.24, 2.45) is 5.41 Å². The number of hydrogen-bond acceptors (Lipinski definition) is 2. The van der Waals surface area contributed by atoms with Gasteiger partial charge < -0.3 is 10.0 Å². The van der Waals surface area contributed by atoms with E-state index in [0.717, 1.165) is 6.08 Å². The van der Waals surface area contributed by atoms with Gasteiger partial charge in [-0.05, 0) is 24.5 Å². The van der Waals surface area contributed by atoms with Crippen LogP contribution < -0.4 is 4.90 Å². The second-order valence-corrected chi connectivity index (χ2v) is 6.00. The highest BCUT2D eigenvalue weighted by molar-refractivity contribution is 5.87. The monoisotopic (exact) mass is 279 g/mol. The molecule has 0 bridgehead atoms. The van der Waals surface area contributed by atoms with Gasteiger partial charge in [0.1, 0.15) is 5.82 Å². The van der Waals surface area contributed by atoms with Gasteiger partial charge >= 0.3 is 5.97 Å². The average molecular weight is 279 g/mol. The van der Waals surface area contributed by atoms with Crippen LogP contribution in [0.4, 0.5) is 10.1 Å². The third kappa shape index (κ3) is 3.83. The number of halogens is 1.